The largest absolute Gasteiger partial charge is 0.355 e. The van der Waals surface area contributed by atoms with Gasteiger partial charge in [-0.15, -0.1) is 0 Å². The molecule has 3 N–H and O–H groups in total. The molecule has 0 bridgehead atoms. The van der Waals surface area contributed by atoms with Gasteiger partial charge in [0, 0.05) is 20.1 Å². The average molecular weight is 404 g/mol. The van der Waals surface area contributed by atoms with Crippen molar-refractivity contribution < 1.29 is 14.0 Å². The molecule has 1 aliphatic rings. The molecule has 0 atom stereocenters. The highest BCUT2D eigenvalue weighted by molar-refractivity contribution is 6.31. The number of aryl methyl sites for hydroxylation is 1. The fourth-order valence-electron chi connectivity index (χ4n) is 3.54. The van der Waals surface area contributed by atoms with Gasteiger partial charge in [0.05, 0.1) is 21.7 Å². The maximum absolute atomic E-state index is 14.0. The Morgan fingerprint density at radius 1 is 1.25 bits per heavy atom. The number of amides is 2. The summed E-state index contributed by atoms with van der Waals surface area (Å²) in [5.74, 6) is -1.43. The van der Waals surface area contributed by atoms with E-state index >= 15 is 0 Å². The summed E-state index contributed by atoms with van der Waals surface area (Å²) in [6.07, 6.45) is 1.83. The number of rotatable bonds is 6. The smallest absolute Gasteiger partial charge is 0.253 e. The van der Waals surface area contributed by atoms with Crippen molar-refractivity contribution in [1.29, 1.82) is 0 Å². The van der Waals surface area contributed by atoms with E-state index in [2.05, 4.69) is 22.9 Å². The zero-order chi connectivity index (χ0) is 20.3. The van der Waals surface area contributed by atoms with Crippen LogP contribution in [0, 0.1) is 5.82 Å². The molecule has 0 aromatic heterocycles. The van der Waals surface area contributed by atoms with Crippen molar-refractivity contribution in [2.45, 2.75) is 25.2 Å². The first-order valence-corrected chi connectivity index (χ1v) is 9.62. The van der Waals surface area contributed by atoms with E-state index in [0.717, 1.165) is 30.0 Å². The molecule has 0 unspecified atom stereocenters. The predicted octanol–water partition coefficient (Wildman–Crippen LogP) is 3.27. The Morgan fingerprint density at radius 2 is 1.96 bits per heavy atom. The van der Waals surface area contributed by atoms with Gasteiger partial charge >= 0.3 is 0 Å². The van der Waals surface area contributed by atoms with Crippen LogP contribution in [0.15, 0.2) is 36.4 Å². The van der Waals surface area contributed by atoms with Gasteiger partial charge in [0.15, 0.2) is 0 Å². The zero-order valence-electron chi connectivity index (χ0n) is 15.9. The third-order valence-electron chi connectivity index (χ3n) is 5.12. The summed E-state index contributed by atoms with van der Waals surface area (Å²) in [6, 6.07) is 10.2. The van der Waals surface area contributed by atoms with Gasteiger partial charge < -0.3 is 16.0 Å². The first kappa shape index (κ1) is 20.3. The molecular weight excluding hydrogens is 381 g/mol. The van der Waals surface area contributed by atoms with Crippen LogP contribution in [0.5, 0.6) is 0 Å². The second-order valence-corrected chi connectivity index (χ2v) is 7.35. The lowest BCUT2D eigenvalue weighted by Gasteiger charge is -2.42. The van der Waals surface area contributed by atoms with Gasteiger partial charge in [-0.3, -0.25) is 9.59 Å². The molecule has 2 aromatic carbocycles. The van der Waals surface area contributed by atoms with Crippen LogP contribution >= 0.6 is 11.6 Å². The highest BCUT2D eigenvalue weighted by Crippen LogP contribution is 2.34. The SMILES string of the molecule is CCCc1ccccc1C1(C(=O)Nc2cc(F)c(Cl)cc2C(=O)NC)CNC1. The fraction of sp³-hybridized carbons (Fsp3) is 0.333. The predicted molar refractivity (Wildman–Crippen MR) is 108 cm³/mol. The molecule has 2 aromatic rings. The molecule has 28 heavy (non-hydrogen) atoms. The summed E-state index contributed by atoms with van der Waals surface area (Å²) in [6.45, 7) is 3.05. The van der Waals surface area contributed by atoms with Gasteiger partial charge in [0.25, 0.3) is 5.91 Å². The molecule has 0 saturated carbocycles. The molecule has 0 spiro atoms. The second-order valence-electron chi connectivity index (χ2n) is 6.94. The third-order valence-corrected chi connectivity index (χ3v) is 5.41. The van der Waals surface area contributed by atoms with Crippen LogP contribution in [0.25, 0.3) is 0 Å². The van der Waals surface area contributed by atoms with Gasteiger partial charge in [0.2, 0.25) is 5.91 Å². The van der Waals surface area contributed by atoms with Crippen LogP contribution in [-0.4, -0.2) is 32.0 Å². The topological polar surface area (TPSA) is 70.2 Å². The van der Waals surface area contributed by atoms with Crippen LogP contribution in [0.1, 0.15) is 34.8 Å². The van der Waals surface area contributed by atoms with E-state index in [4.69, 9.17) is 11.6 Å². The molecule has 0 radical (unpaired) electrons. The Bertz CT molecular complexity index is 913. The zero-order valence-corrected chi connectivity index (χ0v) is 16.6. The quantitative estimate of drug-likeness (QED) is 0.693. The van der Waals surface area contributed by atoms with Crippen LogP contribution in [0.3, 0.4) is 0 Å². The minimum Gasteiger partial charge on any atom is -0.355 e. The number of nitrogens with one attached hydrogen (secondary N) is 3. The van der Waals surface area contributed by atoms with Gasteiger partial charge in [-0.05, 0) is 29.7 Å². The first-order chi connectivity index (χ1) is 13.4. The Labute approximate surface area is 168 Å². The van der Waals surface area contributed by atoms with Crippen molar-refractivity contribution in [2.75, 3.05) is 25.5 Å². The summed E-state index contributed by atoms with van der Waals surface area (Å²) in [5, 5.41) is 8.24. The number of halogens is 2. The van der Waals surface area contributed by atoms with Crippen molar-refractivity contribution in [3.8, 4) is 0 Å². The lowest BCUT2D eigenvalue weighted by atomic mass is 9.72. The minimum atomic E-state index is -0.762. The van der Waals surface area contributed by atoms with Gasteiger partial charge in [-0.1, -0.05) is 49.2 Å². The lowest BCUT2D eigenvalue weighted by Crippen LogP contribution is -2.63. The van der Waals surface area contributed by atoms with Crippen LogP contribution in [0.4, 0.5) is 10.1 Å². The van der Waals surface area contributed by atoms with Crippen molar-refractivity contribution in [3.05, 3.63) is 63.9 Å². The maximum atomic E-state index is 14.0. The summed E-state index contributed by atoms with van der Waals surface area (Å²) >= 11 is 5.83. The van der Waals surface area contributed by atoms with Crippen LogP contribution < -0.4 is 16.0 Å². The highest BCUT2D eigenvalue weighted by atomic mass is 35.5. The number of hydrogen-bond donors (Lipinski definition) is 3. The van der Waals surface area contributed by atoms with E-state index in [-0.39, 0.29) is 22.2 Å². The number of anilines is 1. The summed E-state index contributed by atoms with van der Waals surface area (Å²) in [5.41, 5.74) is 1.54. The lowest BCUT2D eigenvalue weighted by molar-refractivity contribution is -0.123. The Kier molecular flexibility index (Phi) is 6.01. The number of hydrogen-bond acceptors (Lipinski definition) is 3. The van der Waals surface area contributed by atoms with E-state index in [9.17, 15) is 14.0 Å². The molecule has 1 aliphatic heterocycles. The molecule has 0 aliphatic carbocycles. The van der Waals surface area contributed by atoms with E-state index in [0.29, 0.717) is 13.1 Å². The monoisotopic (exact) mass is 403 g/mol. The van der Waals surface area contributed by atoms with Crippen LogP contribution in [-0.2, 0) is 16.6 Å². The molecule has 148 valence electrons. The molecule has 3 rings (SSSR count). The molecule has 1 heterocycles. The van der Waals surface area contributed by atoms with E-state index in [1.807, 2.05) is 24.3 Å². The highest BCUT2D eigenvalue weighted by Gasteiger charge is 2.47. The normalized spacial score (nSPS) is 14.9. The molecular formula is C21H23ClFN3O2. The molecule has 7 heteroatoms. The van der Waals surface area contributed by atoms with Crippen molar-refractivity contribution in [1.82, 2.24) is 10.6 Å². The minimum absolute atomic E-state index is 0.102. The van der Waals surface area contributed by atoms with E-state index < -0.39 is 17.1 Å². The second kappa shape index (κ2) is 8.29. The number of carbonyl (C=O) groups is 2. The van der Waals surface area contributed by atoms with Gasteiger partial charge in [-0.25, -0.2) is 4.39 Å². The Hall–Kier alpha value is -2.44. The molecule has 1 saturated heterocycles. The first-order valence-electron chi connectivity index (χ1n) is 9.24. The fourth-order valence-corrected chi connectivity index (χ4v) is 3.70. The van der Waals surface area contributed by atoms with E-state index in [1.54, 1.807) is 0 Å². The summed E-state index contributed by atoms with van der Waals surface area (Å²) in [4.78, 5) is 25.5. The summed E-state index contributed by atoms with van der Waals surface area (Å²) in [7, 11) is 1.46. The number of carbonyl (C=O) groups excluding carboxylic acids is 2. The third kappa shape index (κ3) is 3.62. The summed E-state index contributed by atoms with van der Waals surface area (Å²) < 4.78 is 14.0. The van der Waals surface area contributed by atoms with Gasteiger partial charge in [0.1, 0.15) is 5.82 Å². The molecule has 2 amide bonds. The molecule has 5 nitrogen and oxygen atoms in total. The van der Waals surface area contributed by atoms with Crippen LogP contribution in [0.2, 0.25) is 5.02 Å². The van der Waals surface area contributed by atoms with Crippen molar-refractivity contribution in [2.24, 2.45) is 0 Å². The van der Waals surface area contributed by atoms with Crippen molar-refractivity contribution in [3.63, 3.8) is 0 Å². The Morgan fingerprint density at radius 3 is 2.57 bits per heavy atom. The van der Waals surface area contributed by atoms with Crippen molar-refractivity contribution >= 4 is 29.1 Å². The number of benzene rings is 2. The maximum Gasteiger partial charge on any atom is 0.253 e. The van der Waals surface area contributed by atoms with E-state index in [1.165, 1.54) is 13.1 Å². The Balaban J connectivity index is 1.98. The molecule has 1 fully saturated rings. The standard InChI is InChI=1S/C21H23ClFN3O2/c1-3-6-13-7-4-5-8-15(13)21(11-25-12-21)20(28)26-18-10-17(23)16(22)9-14(18)19(27)24-2/h4-5,7-10,25H,3,6,11-12H2,1-2H3,(H,24,27)(H,26,28). The average Bonchev–Trinajstić information content (AvgIpc) is 2.64. The van der Waals surface area contributed by atoms with Gasteiger partial charge in [-0.2, -0.15) is 0 Å².